The highest BCUT2D eigenvalue weighted by atomic mass is 16.3. The topological polar surface area (TPSA) is 19.6 Å². The van der Waals surface area contributed by atoms with E-state index < -0.39 is 0 Å². The molecule has 3 nitrogen and oxygen atoms in total. The normalized spacial score (nSPS) is 16.2. The van der Waals surface area contributed by atoms with Crippen LogP contribution >= 0.6 is 0 Å². The predicted molar refractivity (Wildman–Crippen MR) is 154 cm³/mol. The van der Waals surface area contributed by atoms with Crippen molar-refractivity contribution >= 4 is 0 Å². The Balaban J connectivity index is 1.52. The van der Waals surface area contributed by atoms with Crippen LogP contribution in [0.1, 0.15) is 45.2 Å². The van der Waals surface area contributed by atoms with Crippen molar-refractivity contribution < 1.29 is 4.42 Å². The molecule has 1 aliphatic heterocycles. The van der Waals surface area contributed by atoms with Gasteiger partial charge in [-0.15, -0.1) is 0 Å². The monoisotopic (exact) mass is 498 g/mol. The average molecular weight is 499 g/mol. The highest BCUT2D eigenvalue weighted by Crippen LogP contribution is 2.43. The molecule has 3 heteroatoms. The average Bonchev–Trinajstić information content (AvgIpc) is 3.17. The van der Waals surface area contributed by atoms with Crippen molar-refractivity contribution in [2.45, 2.75) is 39.5 Å². The van der Waals surface area contributed by atoms with Crippen molar-refractivity contribution in [1.82, 2.24) is 9.80 Å². The first-order valence-electron chi connectivity index (χ1n) is 13.4. The molecule has 0 amide bonds. The van der Waals surface area contributed by atoms with Gasteiger partial charge in [0.05, 0.1) is 12.7 Å². The second-order valence-electron chi connectivity index (χ2n) is 10.4. The molecule has 1 atom stereocenters. The van der Waals surface area contributed by atoms with Gasteiger partial charge in [-0.05, 0) is 30.5 Å². The fourth-order valence-corrected chi connectivity index (χ4v) is 5.77. The lowest BCUT2D eigenvalue weighted by atomic mass is 9.92. The SMILES string of the molecule is Cc1ccc(C2c3c(C)oc(-c4ccccc4)c3CN(Cc3ccccc3)CN2Cc2ccccc2)cc1. The molecule has 38 heavy (non-hydrogen) atoms. The molecule has 0 saturated carbocycles. The molecule has 1 aliphatic rings. The molecule has 5 aromatic rings. The number of fused-ring (bicyclic) bond motifs is 1. The van der Waals surface area contributed by atoms with Crippen molar-refractivity contribution in [2.75, 3.05) is 6.67 Å². The maximum Gasteiger partial charge on any atom is 0.139 e. The summed E-state index contributed by atoms with van der Waals surface area (Å²) in [6.07, 6.45) is 0. The number of rotatable bonds is 6. The van der Waals surface area contributed by atoms with E-state index in [0.29, 0.717) is 0 Å². The summed E-state index contributed by atoms with van der Waals surface area (Å²) in [5, 5.41) is 0. The summed E-state index contributed by atoms with van der Waals surface area (Å²) in [4.78, 5) is 5.18. The Hall–Kier alpha value is -3.92. The Morgan fingerprint density at radius 3 is 1.89 bits per heavy atom. The largest absolute Gasteiger partial charge is 0.461 e. The minimum Gasteiger partial charge on any atom is -0.461 e. The number of hydrogen-bond acceptors (Lipinski definition) is 3. The highest BCUT2D eigenvalue weighted by molar-refractivity contribution is 5.65. The van der Waals surface area contributed by atoms with Crippen molar-refractivity contribution in [1.29, 1.82) is 0 Å². The first kappa shape index (κ1) is 24.4. The molecule has 0 saturated heterocycles. The molecule has 0 spiro atoms. The lowest BCUT2D eigenvalue weighted by Crippen LogP contribution is -2.37. The van der Waals surface area contributed by atoms with E-state index in [1.807, 2.05) is 0 Å². The van der Waals surface area contributed by atoms with E-state index in [4.69, 9.17) is 4.42 Å². The zero-order chi connectivity index (χ0) is 25.9. The van der Waals surface area contributed by atoms with E-state index >= 15 is 0 Å². The third kappa shape index (κ3) is 5.08. The minimum absolute atomic E-state index is 0.0905. The van der Waals surface area contributed by atoms with Crippen LogP contribution in [0.3, 0.4) is 0 Å². The Morgan fingerprint density at radius 2 is 1.26 bits per heavy atom. The molecule has 0 radical (unpaired) electrons. The molecular formula is C35H34N2O. The number of benzene rings is 4. The van der Waals surface area contributed by atoms with E-state index in [2.05, 4.69) is 139 Å². The lowest BCUT2D eigenvalue weighted by molar-refractivity contribution is 0.0989. The van der Waals surface area contributed by atoms with Crippen molar-refractivity contribution in [3.63, 3.8) is 0 Å². The smallest absolute Gasteiger partial charge is 0.139 e. The van der Waals surface area contributed by atoms with Crippen LogP contribution in [-0.4, -0.2) is 16.5 Å². The van der Waals surface area contributed by atoms with Crippen LogP contribution in [0.25, 0.3) is 11.3 Å². The molecule has 2 heterocycles. The molecular weight excluding hydrogens is 464 g/mol. The van der Waals surface area contributed by atoms with Crippen LogP contribution in [-0.2, 0) is 19.6 Å². The van der Waals surface area contributed by atoms with Gasteiger partial charge in [0.25, 0.3) is 0 Å². The Labute approximate surface area is 226 Å². The fourth-order valence-electron chi connectivity index (χ4n) is 5.77. The second kappa shape index (κ2) is 10.8. The molecule has 6 rings (SSSR count). The van der Waals surface area contributed by atoms with Gasteiger partial charge in [-0.3, -0.25) is 9.80 Å². The summed E-state index contributed by atoms with van der Waals surface area (Å²) in [5.74, 6) is 2.00. The fraction of sp³-hybridized carbons (Fsp3) is 0.200. The lowest BCUT2D eigenvalue weighted by Gasteiger charge is -2.34. The van der Waals surface area contributed by atoms with E-state index in [-0.39, 0.29) is 6.04 Å². The third-order valence-corrected chi connectivity index (χ3v) is 7.54. The van der Waals surface area contributed by atoms with Crippen molar-refractivity contribution in [3.8, 4) is 11.3 Å². The van der Waals surface area contributed by atoms with Crippen LogP contribution in [0, 0.1) is 13.8 Å². The van der Waals surface area contributed by atoms with Gasteiger partial charge in [0, 0.05) is 36.3 Å². The zero-order valence-electron chi connectivity index (χ0n) is 22.2. The molecule has 4 aromatic carbocycles. The van der Waals surface area contributed by atoms with Crippen LogP contribution < -0.4 is 0 Å². The molecule has 0 aliphatic carbocycles. The highest BCUT2D eigenvalue weighted by Gasteiger charge is 2.35. The van der Waals surface area contributed by atoms with Gasteiger partial charge in [-0.1, -0.05) is 121 Å². The van der Waals surface area contributed by atoms with E-state index in [0.717, 1.165) is 43.4 Å². The molecule has 0 N–H and O–H groups in total. The number of hydrogen-bond donors (Lipinski definition) is 0. The van der Waals surface area contributed by atoms with Crippen molar-refractivity contribution in [3.05, 3.63) is 154 Å². The van der Waals surface area contributed by atoms with Crippen LogP contribution in [0.5, 0.6) is 0 Å². The van der Waals surface area contributed by atoms with E-state index in [9.17, 15) is 0 Å². The van der Waals surface area contributed by atoms with Crippen LogP contribution in [0.4, 0.5) is 0 Å². The predicted octanol–water partition coefficient (Wildman–Crippen LogP) is 8.13. The second-order valence-corrected chi connectivity index (χ2v) is 10.4. The summed E-state index contributed by atoms with van der Waals surface area (Å²) in [6, 6.07) is 41.4. The summed E-state index contributed by atoms with van der Waals surface area (Å²) in [5.41, 5.74) is 8.96. The zero-order valence-corrected chi connectivity index (χ0v) is 22.2. The maximum absolute atomic E-state index is 6.63. The summed E-state index contributed by atoms with van der Waals surface area (Å²) in [7, 11) is 0. The first-order chi connectivity index (χ1) is 18.7. The maximum atomic E-state index is 6.63. The third-order valence-electron chi connectivity index (χ3n) is 7.54. The Morgan fingerprint density at radius 1 is 0.684 bits per heavy atom. The molecule has 1 unspecified atom stereocenters. The van der Waals surface area contributed by atoms with Gasteiger partial charge in [0.1, 0.15) is 11.5 Å². The Kier molecular flexibility index (Phi) is 6.96. The molecule has 1 aromatic heterocycles. The van der Waals surface area contributed by atoms with Crippen molar-refractivity contribution in [2.24, 2.45) is 0 Å². The summed E-state index contributed by atoms with van der Waals surface area (Å²) >= 11 is 0. The standard InChI is InChI=1S/C35H34N2O/c1-26-18-20-30(21-19-26)34-33-27(2)38-35(31-16-10-5-11-17-31)32(33)24-36(22-28-12-6-3-7-13-28)25-37(34)23-29-14-8-4-9-15-29/h3-21,34H,22-25H2,1-2H3. The quantitative estimate of drug-likeness (QED) is 0.236. The van der Waals surface area contributed by atoms with Gasteiger partial charge in [-0.25, -0.2) is 0 Å². The molecule has 0 bridgehead atoms. The summed E-state index contributed by atoms with van der Waals surface area (Å²) < 4.78 is 6.63. The molecule has 0 fully saturated rings. The number of aryl methyl sites for hydroxylation is 2. The van der Waals surface area contributed by atoms with E-state index in [1.165, 1.54) is 33.4 Å². The minimum atomic E-state index is 0.0905. The van der Waals surface area contributed by atoms with Crippen LogP contribution in [0.15, 0.2) is 120 Å². The van der Waals surface area contributed by atoms with Gasteiger partial charge in [0.2, 0.25) is 0 Å². The van der Waals surface area contributed by atoms with Crippen LogP contribution in [0.2, 0.25) is 0 Å². The van der Waals surface area contributed by atoms with Gasteiger partial charge < -0.3 is 4.42 Å². The Bertz CT molecular complexity index is 1470. The molecule has 190 valence electrons. The van der Waals surface area contributed by atoms with E-state index in [1.54, 1.807) is 0 Å². The number of furan rings is 1. The van der Waals surface area contributed by atoms with Gasteiger partial charge in [-0.2, -0.15) is 0 Å². The number of nitrogens with zero attached hydrogens (tertiary/aromatic N) is 2. The van der Waals surface area contributed by atoms with Gasteiger partial charge in [0.15, 0.2) is 0 Å². The summed E-state index contributed by atoms with van der Waals surface area (Å²) in [6.45, 7) is 7.71. The first-order valence-corrected chi connectivity index (χ1v) is 13.4. The van der Waals surface area contributed by atoms with Gasteiger partial charge >= 0.3 is 0 Å².